The third kappa shape index (κ3) is 4.09. The fraction of sp³-hybridized carbons (Fsp3) is 0.312. The first-order valence-electron chi connectivity index (χ1n) is 7.00. The first-order chi connectivity index (χ1) is 10.5. The second kappa shape index (κ2) is 6.76. The first kappa shape index (κ1) is 15.6. The summed E-state index contributed by atoms with van der Waals surface area (Å²) >= 11 is 0. The lowest BCUT2D eigenvalue weighted by molar-refractivity contribution is -0.119. The molecule has 0 fully saturated rings. The Kier molecular flexibility index (Phi) is 4.79. The number of nitrogens with one attached hydrogen (secondary N) is 2. The lowest BCUT2D eigenvalue weighted by atomic mass is 10.1. The highest BCUT2D eigenvalue weighted by Crippen LogP contribution is 2.12. The van der Waals surface area contributed by atoms with Gasteiger partial charge >= 0.3 is 0 Å². The van der Waals surface area contributed by atoms with Gasteiger partial charge in [-0.15, -0.1) is 0 Å². The van der Waals surface area contributed by atoms with E-state index >= 15 is 0 Å². The SMILES string of the molecule is CC(C)(CNC(=O)CNc1ccc(C#N)cc1)n1ccnc1. The van der Waals surface area contributed by atoms with Crippen LogP contribution in [0, 0.1) is 11.3 Å². The molecule has 0 aliphatic rings. The summed E-state index contributed by atoms with van der Waals surface area (Å²) in [7, 11) is 0. The van der Waals surface area contributed by atoms with Gasteiger partial charge in [-0.2, -0.15) is 5.26 Å². The van der Waals surface area contributed by atoms with Crippen LogP contribution in [-0.2, 0) is 10.3 Å². The molecule has 1 amide bonds. The molecule has 1 aromatic heterocycles. The van der Waals surface area contributed by atoms with E-state index in [1.165, 1.54) is 0 Å². The number of hydrogen-bond donors (Lipinski definition) is 2. The number of nitrogens with zero attached hydrogens (tertiary/aromatic N) is 3. The summed E-state index contributed by atoms with van der Waals surface area (Å²) < 4.78 is 1.96. The molecule has 0 unspecified atom stereocenters. The van der Waals surface area contributed by atoms with Gasteiger partial charge in [0, 0.05) is 24.6 Å². The van der Waals surface area contributed by atoms with Crippen molar-refractivity contribution < 1.29 is 4.79 Å². The highest BCUT2D eigenvalue weighted by molar-refractivity contribution is 5.80. The van der Waals surface area contributed by atoms with Gasteiger partial charge in [-0.3, -0.25) is 4.79 Å². The maximum atomic E-state index is 11.9. The summed E-state index contributed by atoms with van der Waals surface area (Å²) in [5, 5.41) is 14.7. The molecule has 0 aliphatic heterocycles. The Bertz CT molecular complexity index is 653. The third-order valence-corrected chi connectivity index (χ3v) is 3.39. The monoisotopic (exact) mass is 297 g/mol. The average Bonchev–Trinajstić information content (AvgIpc) is 3.07. The Morgan fingerprint density at radius 1 is 1.36 bits per heavy atom. The van der Waals surface area contributed by atoms with Gasteiger partial charge < -0.3 is 15.2 Å². The molecule has 114 valence electrons. The summed E-state index contributed by atoms with van der Waals surface area (Å²) in [6.07, 6.45) is 5.33. The van der Waals surface area contributed by atoms with Crippen LogP contribution in [-0.4, -0.2) is 28.5 Å². The highest BCUT2D eigenvalue weighted by Gasteiger charge is 2.20. The quantitative estimate of drug-likeness (QED) is 0.850. The Labute approximate surface area is 129 Å². The zero-order valence-corrected chi connectivity index (χ0v) is 12.7. The maximum Gasteiger partial charge on any atom is 0.239 e. The van der Waals surface area contributed by atoms with E-state index in [1.807, 2.05) is 24.6 Å². The van der Waals surface area contributed by atoms with Crippen molar-refractivity contribution in [2.45, 2.75) is 19.4 Å². The van der Waals surface area contributed by atoms with Gasteiger partial charge in [-0.25, -0.2) is 4.98 Å². The summed E-state index contributed by atoms with van der Waals surface area (Å²) in [5.41, 5.74) is 1.17. The van der Waals surface area contributed by atoms with Crippen LogP contribution in [0.15, 0.2) is 43.0 Å². The standard InChI is InChI=1S/C16H19N5O/c1-16(2,21-8-7-18-12-21)11-20-15(22)10-19-14-5-3-13(9-17)4-6-14/h3-8,12,19H,10-11H2,1-2H3,(H,20,22). The molecule has 2 aromatic rings. The van der Waals surface area contributed by atoms with Crippen molar-refractivity contribution in [3.63, 3.8) is 0 Å². The number of aromatic nitrogens is 2. The minimum Gasteiger partial charge on any atom is -0.376 e. The molecule has 0 radical (unpaired) electrons. The summed E-state index contributed by atoms with van der Waals surface area (Å²) in [6.45, 7) is 4.76. The number of nitriles is 1. The zero-order valence-electron chi connectivity index (χ0n) is 12.7. The number of amides is 1. The Morgan fingerprint density at radius 2 is 2.09 bits per heavy atom. The van der Waals surface area contributed by atoms with E-state index in [0.717, 1.165) is 5.69 Å². The number of rotatable bonds is 6. The van der Waals surface area contributed by atoms with Crippen LogP contribution in [0.1, 0.15) is 19.4 Å². The van der Waals surface area contributed by atoms with Gasteiger partial charge in [0.15, 0.2) is 0 Å². The van der Waals surface area contributed by atoms with E-state index in [1.54, 1.807) is 36.8 Å². The molecule has 6 heteroatoms. The van der Waals surface area contributed by atoms with E-state index in [9.17, 15) is 4.79 Å². The predicted molar refractivity (Wildman–Crippen MR) is 84.2 cm³/mol. The highest BCUT2D eigenvalue weighted by atomic mass is 16.1. The molecule has 2 rings (SSSR count). The van der Waals surface area contributed by atoms with Crippen molar-refractivity contribution in [2.24, 2.45) is 0 Å². The van der Waals surface area contributed by atoms with Gasteiger partial charge in [0.2, 0.25) is 5.91 Å². The molecule has 6 nitrogen and oxygen atoms in total. The molecular formula is C16H19N5O. The normalized spacial score (nSPS) is 10.8. The Morgan fingerprint density at radius 3 is 2.68 bits per heavy atom. The lowest BCUT2D eigenvalue weighted by Gasteiger charge is -2.26. The number of hydrogen-bond acceptors (Lipinski definition) is 4. The molecule has 0 bridgehead atoms. The molecule has 1 heterocycles. The van der Waals surface area contributed by atoms with Crippen molar-refractivity contribution in [3.8, 4) is 6.07 Å². The van der Waals surface area contributed by atoms with Crippen LogP contribution < -0.4 is 10.6 Å². The van der Waals surface area contributed by atoms with E-state index < -0.39 is 0 Å². The fourth-order valence-electron chi connectivity index (χ4n) is 1.93. The minimum atomic E-state index is -0.236. The van der Waals surface area contributed by atoms with E-state index in [2.05, 4.69) is 21.7 Å². The molecule has 2 N–H and O–H groups in total. The smallest absolute Gasteiger partial charge is 0.239 e. The summed E-state index contributed by atoms with van der Waals surface area (Å²) in [6, 6.07) is 9.03. The van der Waals surface area contributed by atoms with Crippen molar-refractivity contribution in [2.75, 3.05) is 18.4 Å². The van der Waals surface area contributed by atoms with Crippen LogP contribution in [0.5, 0.6) is 0 Å². The Balaban J connectivity index is 1.79. The van der Waals surface area contributed by atoms with Crippen LogP contribution >= 0.6 is 0 Å². The van der Waals surface area contributed by atoms with Crippen molar-refractivity contribution >= 4 is 11.6 Å². The van der Waals surface area contributed by atoms with Crippen LogP contribution in [0.4, 0.5) is 5.69 Å². The second-order valence-corrected chi connectivity index (χ2v) is 5.60. The van der Waals surface area contributed by atoms with Gasteiger partial charge in [-0.1, -0.05) is 0 Å². The van der Waals surface area contributed by atoms with Gasteiger partial charge in [0.05, 0.1) is 30.0 Å². The number of imidazole rings is 1. The Hall–Kier alpha value is -2.81. The van der Waals surface area contributed by atoms with E-state index in [-0.39, 0.29) is 18.0 Å². The van der Waals surface area contributed by atoms with Crippen molar-refractivity contribution in [3.05, 3.63) is 48.5 Å². The molecule has 0 atom stereocenters. The average molecular weight is 297 g/mol. The van der Waals surface area contributed by atoms with Gasteiger partial charge in [0.1, 0.15) is 0 Å². The number of carbonyl (C=O) groups excluding carboxylic acids is 1. The van der Waals surface area contributed by atoms with Gasteiger partial charge in [0.25, 0.3) is 0 Å². The summed E-state index contributed by atoms with van der Waals surface area (Å²) in [5.74, 6) is -0.0856. The third-order valence-electron chi connectivity index (χ3n) is 3.39. The molecule has 0 saturated heterocycles. The molecule has 0 saturated carbocycles. The minimum absolute atomic E-state index is 0.0856. The van der Waals surface area contributed by atoms with Crippen LogP contribution in [0.2, 0.25) is 0 Å². The predicted octanol–water partition coefficient (Wildman–Crippen LogP) is 1.72. The fourth-order valence-corrected chi connectivity index (χ4v) is 1.93. The number of carbonyl (C=O) groups is 1. The van der Waals surface area contributed by atoms with Crippen LogP contribution in [0.25, 0.3) is 0 Å². The van der Waals surface area contributed by atoms with Gasteiger partial charge in [-0.05, 0) is 38.1 Å². The maximum absolute atomic E-state index is 11.9. The first-order valence-corrected chi connectivity index (χ1v) is 7.00. The van der Waals surface area contributed by atoms with Crippen molar-refractivity contribution in [1.29, 1.82) is 5.26 Å². The molecule has 0 aliphatic carbocycles. The number of benzene rings is 1. The number of anilines is 1. The van der Waals surface area contributed by atoms with E-state index in [4.69, 9.17) is 5.26 Å². The van der Waals surface area contributed by atoms with E-state index in [0.29, 0.717) is 12.1 Å². The molecular weight excluding hydrogens is 278 g/mol. The molecule has 22 heavy (non-hydrogen) atoms. The molecule has 1 aromatic carbocycles. The summed E-state index contributed by atoms with van der Waals surface area (Å²) in [4.78, 5) is 15.9. The topological polar surface area (TPSA) is 82.7 Å². The largest absolute Gasteiger partial charge is 0.376 e. The second-order valence-electron chi connectivity index (χ2n) is 5.60. The zero-order chi connectivity index (χ0) is 16.0. The lowest BCUT2D eigenvalue weighted by Crippen LogP contribution is -2.42. The molecule has 0 spiro atoms. The van der Waals surface area contributed by atoms with Crippen molar-refractivity contribution in [1.82, 2.24) is 14.9 Å². The van der Waals surface area contributed by atoms with Crippen LogP contribution in [0.3, 0.4) is 0 Å².